The van der Waals surface area contributed by atoms with Crippen molar-refractivity contribution in [3.63, 3.8) is 0 Å². The summed E-state index contributed by atoms with van der Waals surface area (Å²) in [5, 5.41) is 1.10. The van der Waals surface area contributed by atoms with Gasteiger partial charge in [-0.2, -0.15) is 0 Å². The van der Waals surface area contributed by atoms with Gasteiger partial charge >= 0.3 is 0 Å². The smallest absolute Gasteiger partial charge is 0.0961 e. The Hall–Kier alpha value is -0.580. The van der Waals surface area contributed by atoms with Crippen molar-refractivity contribution in [3.05, 3.63) is 23.4 Å². The molecule has 0 aliphatic carbocycles. The van der Waals surface area contributed by atoms with Crippen LogP contribution in [0, 0.1) is 0 Å². The minimum atomic E-state index is 0.536. The molecule has 1 aliphatic rings. The van der Waals surface area contributed by atoms with Gasteiger partial charge < -0.3 is 9.64 Å². The molecule has 0 aromatic carbocycles. The van der Waals surface area contributed by atoms with Gasteiger partial charge in [-0.3, -0.25) is 0 Å². The Morgan fingerprint density at radius 2 is 2.29 bits per heavy atom. The molecule has 1 aromatic heterocycles. The van der Waals surface area contributed by atoms with E-state index in [-0.39, 0.29) is 0 Å². The first-order valence-electron chi connectivity index (χ1n) is 5.97. The minimum absolute atomic E-state index is 0.536. The molecule has 1 atom stereocenters. The number of hydrogen-bond acceptors (Lipinski definition) is 4. The van der Waals surface area contributed by atoms with E-state index in [1.165, 1.54) is 11.3 Å². The van der Waals surface area contributed by atoms with Crippen LogP contribution < -0.4 is 0 Å². The number of pyridine rings is 1. The molecule has 0 radical (unpaired) electrons. The highest BCUT2D eigenvalue weighted by Crippen LogP contribution is 2.29. The van der Waals surface area contributed by atoms with Crippen LogP contribution in [-0.2, 0) is 11.3 Å². The van der Waals surface area contributed by atoms with E-state index in [4.69, 9.17) is 9.72 Å². The van der Waals surface area contributed by atoms with Crippen molar-refractivity contribution in [2.24, 2.45) is 0 Å². The molecule has 0 amide bonds. The number of ether oxygens (including phenoxy) is 1. The molecule has 17 heavy (non-hydrogen) atoms. The van der Waals surface area contributed by atoms with Gasteiger partial charge in [0.15, 0.2) is 0 Å². The fourth-order valence-corrected chi connectivity index (χ4v) is 2.59. The Bertz CT molecular complexity index is 376. The largest absolute Gasteiger partial charge is 0.381 e. The van der Waals surface area contributed by atoms with Crippen molar-refractivity contribution < 1.29 is 4.74 Å². The molecule has 94 valence electrons. The van der Waals surface area contributed by atoms with Crippen LogP contribution in [0.2, 0.25) is 0 Å². The molecule has 0 spiro atoms. The van der Waals surface area contributed by atoms with Crippen LogP contribution in [0.4, 0.5) is 0 Å². The number of nitrogens with zero attached hydrogens (tertiary/aromatic N) is 2. The molecule has 1 aromatic rings. The van der Waals surface area contributed by atoms with Crippen molar-refractivity contribution in [1.82, 2.24) is 9.88 Å². The normalized spacial score (nSPS) is 20.1. The molecule has 2 rings (SSSR count). The van der Waals surface area contributed by atoms with Crippen molar-refractivity contribution in [2.75, 3.05) is 33.6 Å². The lowest BCUT2D eigenvalue weighted by atomic mass is 9.97. The lowest BCUT2D eigenvalue weighted by Crippen LogP contribution is -2.15. The molecular formula is C13H20N2OS. The van der Waals surface area contributed by atoms with Gasteiger partial charge in [-0.25, -0.2) is 4.98 Å². The van der Waals surface area contributed by atoms with E-state index < -0.39 is 0 Å². The third-order valence-electron chi connectivity index (χ3n) is 3.03. The fourth-order valence-electron chi connectivity index (χ4n) is 2.18. The van der Waals surface area contributed by atoms with E-state index in [1.807, 2.05) is 0 Å². The first kappa shape index (κ1) is 12.9. The van der Waals surface area contributed by atoms with E-state index in [2.05, 4.69) is 37.4 Å². The highest BCUT2D eigenvalue weighted by atomic mass is 32.2. The fraction of sp³-hybridized carbons (Fsp3) is 0.615. The van der Waals surface area contributed by atoms with E-state index in [9.17, 15) is 0 Å². The first-order chi connectivity index (χ1) is 8.20. The molecule has 1 fully saturated rings. The van der Waals surface area contributed by atoms with Crippen LogP contribution in [0.3, 0.4) is 0 Å². The molecule has 2 heterocycles. The van der Waals surface area contributed by atoms with Crippen LogP contribution >= 0.6 is 11.8 Å². The summed E-state index contributed by atoms with van der Waals surface area (Å²) in [6.45, 7) is 2.64. The Labute approximate surface area is 108 Å². The summed E-state index contributed by atoms with van der Waals surface area (Å²) in [6.07, 6.45) is 3.20. The van der Waals surface area contributed by atoms with E-state index >= 15 is 0 Å². The second-order valence-electron chi connectivity index (χ2n) is 4.69. The van der Waals surface area contributed by atoms with Gasteiger partial charge in [0.1, 0.15) is 0 Å². The van der Waals surface area contributed by atoms with Crippen LogP contribution in [0.15, 0.2) is 17.2 Å². The summed E-state index contributed by atoms with van der Waals surface area (Å²) < 4.78 is 5.48. The molecule has 4 heteroatoms. The van der Waals surface area contributed by atoms with Crippen LogP contribution in [-0.4, -0.2) is 43.4 Å². The molecule has 0 N–H and O–H groups in total. The summed E-state index contributed by atoms with van der Waals surface area (Å²) >= 11 is 1.70. The van der Waals surface area contributed by atoms with Crippen molar-refractivity contribution in [3.8, 4) is 0 Å². The van der Waals surface area contributed by atoms with Gasteiger partial charge in [-0.15, -0.1) is 11.8 Å². The van der Waals surface area contributed by atoms with E-state index in [1.54, 1.807) is 11.8 Å². The summed E-state index contributed by atoms with van der Waals surface area (Å²) in [7, 11) is 4.17. The molecule has 3 nitrogen and oxygen atoms in total. The monoisotopic (exact) mass is 252 g/mol. The minimum Gasteiger partial charge on any atom is -0.381 e. The third kappa shape index (κ3) is 3.21. The van der Waals surface area contributed by atoms with Gasteiger partial charge in [0, 0.05) is 19.1 Å². The number of thioether (sulfide) groups is 1. The zero-order valence-electron chi connectivity index (χ0n) is 10.8. The number of aromatic nitrogens is 1. The predicted molar refractivity (Wildman–Crippen MR) is 71.6 cm³/mol. The lowest BCUT2D eigenvalue weighted by molar-refractivity contribution is 0.193. The summed E-state index contributed by atoms with van der Waals surface area (Å²) in [5.41, 5.74) is 2.58. The standard InChI is InChI=1S/C13H20N2OS/c1-15(2)8-12-11(10-6-7-16-9-10)4-5-13(14-12)17-3/h4-5,10H,6-9H2,1-3H3. The summed E-state index contributed by atoms with van der Waals surface area (Å²) in [5.74, 6) is 0.536. The first-order valence-corrected chi connectivity index (χ1v) is 7.19. The maximum absolute atomic E-state index is 5.48. The third-order valence-corrected chi connectivity index (χ3v) is 3.67. The van der Waals surface area contributed by atoms with Crippen molar-refractivity contribution in [1.29, 1.82) is 0 Å². The Morgan fingerprint density at radius 1 is 1.47 bits per heavy atom. The van der Waals surface area contributed by atoms with Gasteiger partial charge in [-0.05, 0) is 38.4 Å². The predicted octanol–water partition coefficient (Wildman–Crippen LogP) is 2.37. The van der Waals surface area contributed by atoms with E-state index in [0.717, 1.165) is 31.2 Å². The SMILES string of the molecule is CSc1ccc(C2CCOC2)c(CN(C)C)n1. The second kappa shape index (κ2) is 5.85. The number of hydrogen-bond donors (Lipinski definition) is 0. The Morgan fingerprint density at radius 3 is 2.88 bits per heavy atom. The Kier molecular flexibility index (Phi) is 4.42. The lowest BCUT2D eigenvalue weighted by Gasteiger charge is -2.17. The molecular weight excluding hydrogens is 232 g/mol. The molecule has 0 bridgehead atoms. The topological polar surface area (TPSA) is 25.4 Å². The van der Waals surface area contributed by atoms with Crippen molar-refractivity contribution >= 4 is 11.8 Å². The van der Waals surface area contributed by atoms with Crippen LogP contribution in [0.1, 0.15) is 23.6 Å². The Balaban J connectivity index is 2.28. The highest BCUT2D eigenvalue weighted by Gasteiger charge is 2.21. The highest BCUT2D eigenvalue weighted by molar-refractivity contribution is 7.98. The van der Waals surface area contributed by atoms with Crippen LogP contribution in [0.25, 0.3) is 0 Å². The molecule has 1 unspecified atom stereocenters. The van der Waals surface area contributed by atoms with Gasteiger partial charge in [0.05, 0.1) is 17.3 Å². The maximum atomic E-state index is 5.48. The van der Waals surface area contributed by atoms with Crippen molar-refractivity contribution in [2.45, 2.75) is 23.9 Å². The van der Waals surface area contributed by atoms with Crippen LogP contribution in [0.5, 0.6) is 0 Å². The quantitative estimate of drug-likeness (QED) is 0.768. The van der Waals surface area contributed by atoms with Gasteiger partial charge in [0.25, 0.3) is 0 Å². The molecule has 1 aliphatic heterocycles. The zero-order valence-corrected chi connectivity index (χ0v) is 11.6. The van der Waals surface area contributed by atoms with E-state index in [0.29, 0.717) is 5.92 Å². The summed E-state index contributed by atoms with van der Waals surface area (Å²) in [6, 6.07) is 4.36. The van der Waals surface area contributed by atoms with Gasteiger partial charge in [-0.1, -0.05) is 6.07 Å². The molecule has 1 saturated heterocycles. The average molecular weight is 252 g/mol. The zero-order chi connectivity index (χ0) is 12.3. The maximum Gasteiger partial charge on any atom is 0.0961 e. The number of rotatable bonds is 4. The second-order valence-corrected chi connectivity index (χ2v) is 5.51. The molecule has 0 saturated carbocycles. The summed E-state index contributed by atoms with van der Waals surface area (Å²) in [4.78, 5) is 6.91. The average Bonchev–Trinajstić information content (AvgIpc) is 2.81. The van der Waals surface area contributed by atoms with Gasteiger partial charge in [0.2, 0.25) is 0 Å².